The number of pyridine rings is 1. The number of aliphatic imine (C=N–C) groups is 1. The molecule has 0 amide bonds. The van der Waals surface area contributed by atoms with Crippen LogP contribution >= 0.6 is 22.9 Å². The van der Waals surface area contributed by atoms with Gasteiger partial charge in [-0.1, -0.05) is 24.6 Å². The zero-order valence-electron chi connectivity index (χ0n) is 21.7. The van der Waals surface area contributed by atoms with Crippen molar-refractivity contribution in [1.29, 1.82) is 0 Å². The van der Waals surface area contributed by atoms with Crippen LogP contribution in [0.15, 0.2) is 40.0 Å². The summed E-state index contributed by atoms with van der Waals surface area (Å²) in [6, 6.07) is 7.36. The highest BCUT2D eigenvalue weighted by molar-refractivity contribution is 7.08. The number of nitrogens with zero attached hydrogens (tertiary/aromatic N) is 2. The van der Waals surface area contributed by atoms with Crippen LogP contribution < -0.4 is 4.74 Å². The number of rotatable bonds is 7. The molecule has 2 aromatic heterocycles. The number of aliphatic hydroxyl groups is 1. The third-order valence-corrected chi connectivity index (χ3v) is 8.51. The number of aliphatic hydroxyl groups excluding tert-OH is 1. The van der Waals surface area contributed by atoms with E-state index in [4.69, 9.17) is 30.5 Å². The molecule has 0 radical (unpaired) electrons. The minimum absolute atomic E-state index is 0.0136. The third-order valence-electron chi connectivity index (χ3n) is 7.56. The highest BCUT2D eigenvalue weighted by Gasteiger charge is 2.47. The summed E-state index contributed by atoms with van der Waals surface area (Å²) < 4.78 is 38.9. The van der Waals surface area contributed by atoms with Crippen molar-refractivity contribution in [2.45, 2.75) is 57.5 Å². The van der Waals surface area contributed by atoms with Crippen LogP contribution in [0.3, 0.4) is 0 Å². The van der Waals surface area contributed by atoms with E-state index in [0.717, 1.165) is 22.3 Å². The van der Waals surface area contributed by atoms with Gasteiger partial charge in [-0.25, -0.2) is 4.39 Å². The second kappa shape index (κ2) is 11.1. The monoisotopic (exact) mass is 572 g/mol. The predicted molar refractivity (Wildman–Crippen MR) is 148 cm³/mol. The van der Waals surface area contributed by atoms with Crippen LogP contribution in [0.25, 0.3) is 11.1 Å². The van der Waals surface area contributed by atoms with E-state index in [2.05, 4.69) is 9.98 Å². The van der Waals surface area contributed by atoms with Crippen LogP contribution in [0.5, 0.6) is 5.88 Å². The first-order valence-corrected chi connectivity index (χ1v) is 14.5. The highest BCUT2D eigenvalue weighted by Crippen LogP contribution is 2.41. The van der Waals surface area contributed by atoms with Crippen molar-refractivity contribution >= 4 is 34.7 Å². The topological polar surface area (TPSA) is 82.4 Å². The number of fused-ring (bicyclic) bond motifs is 2. The van der Waals surface area contributed by atoms with Crippen molar-refractivity contribution in [3.8, 4) is 17.0 Å². The van der Waals surface area contributed by atoms with E-state index < -0.39 is 12.2 Å². The van der Waals surface area contributed by atoms with Crippen molar-refractivity contribution in [2.24, 2.45) is 10.9 Å². The second-order valence-electron chi connectivity index (χ2n) is 10.2. The van der Waals surface area contributed by atoms with Gasteiger partial charge in [0.1, 0.15) is 29.2 Å². The molecule has 2 fully saturated rings. The molecule has 0 spiro atoms. The molecule has 39 heavy (non-hydrogen) atoms. The van der Waals surface area contributed by atoms with Crippen molar-refractivity contribution < 1.29 is 28.4 Å². The summed E-state index contributed by atoms with van der Waals surface area (Å²) in [6.07, 6.45) is 0.346. The van der Waals surface area contributed by atoms with Gasteiger partial charge in [-0.15, -0.1) is 0 Å². The maximum absolute atomic E-state index is 15.3. The number of benzene rings is 1. The average Bonchev–Trinajstić information content (AvgIpc) is 3.71. The molecule has 4 heterocycles. The molecule has 1 N–H and O–H groups in total. The smallest absolute Gasteiger partial charge is 0.235 e. The molecule has 3 unspecified atom stereocenters. The summed E-state index contributed by atoms with van der Waals surface area (Å²) in [5, 5.41) is 14.3. The Bertz CT molecular complexity index is 1380. The van der Waals surface area contributed by atoms with E-state index in [-0.39, 0.29) is 36.4 Å². The molecular formula is C29H30ClFN2O5S. The lowest BCUT2D eigenvalue weighted by Gasteiger charge is -2.18. The first-order valence-electron chi connectivity index (χ1n) is 13.2. The van der Waals surface area contributed by atoms with Crippen molar-refractivity contribution in [3.05, 3.63) is 62.6 Å². The fraction of sp³-hybridized carbons (Fsp3) is 0.448. The first-order chi connectivity index (χ1) is 18.9. The van der Waals surface area contributed by atoms with E-state index in [1.807, 2.05) is 36.7 Å². The Morgan fingerprint density at radius 2 is 2.08 bits per heavy atom. The van der Waals surface area contributed by atoms with Crippen molar-refractivity contribution in [3.63, 3.8) is 0 Å². The number of thiophene rings is 1. The molecule has 2 saturated heterocycles. The fourth-order valence-corrected chi connectivity index (χ4v) is 6.42. The number of hydrogen-bond acceptors (Lipinski definition) is 8. The van der Waals surface area contributed by atoms with Gasteiger partial charge in [0.05, 0.1) is 25.9 Å². The van der Waals surface area contributed by atoms with Gasteiger partial charge in [0, 0.05) is 17.9 Å². The quantitative estimate of drug-likeness (QED) is 0.268. The minimum atomic E-state index is -0.595. The largest absolute Gasteiger partial charge is 0.480 e. The number of hydrogen-bond donors (Lipinski definition) is 1. The van der Waals surface area contributed by atoms with E-state index in [1.165, 1.54) is 0 Å². The molecule has 1 aliphatic carbocycles. The fourth-order valence-electron chi connectivity index (χ4n) is 5.51. The molecule has 206 valence electrons. The van der Waals surface area contributed by atoms with E-state index >= 15 is 4.39 Å². The zero-order valence-corrected chi connectivity index (χ0v) is 23.3. The Morgan fingerprint density at radius 1 is 1.23 bits per heavy atom. The Morgan fingerprint density at radius 3 is 2.87 bits per heavy atom. The van der Waals surface area contributed by atoms with E-state index in [0.29, 0.717) is 54.8 Å². The first kappa shape index (κ1) is 26.7. The standard InChI is InChI=1S/C29H30ClFN2O5S/c1-3-24(35-11-19-12-36-27-22(34)13-37-26(19)27)32-28-15(2)8-20(30)29(33-28)38-23-5-4-16-9-18(10-21(31)25(16)23)17-6-7-39-14-17/h6-10,14,19,22-23,26-27,34H,3-5,11-13H2,1-2H3/t19?,22?,23?,26-,27-/m1/s1. The Labute approximate surface area is 235 Å². The molecule has 3 aromatic rings. The summed E-state index contributed by atoms with van der Waals surface area (Å²) in [4.78, 5) is 9.26. The molecule has 3 aliphatic rings. The molecule has 0 bridgehead atoms. The van der Waals surface area contributed by atoms with Gasteiger partial charge in [-0.05, 0) is 71.0 Å². The second-order valence-corrected chi connectivity index (χ2v) is 11.4. The molecular weight excluding hydrogens is 543 g/mol. The summed E-state index contributed by atoms with van der Waals surface area (Å²) in [6.45, 7) is 4.93. The van der Waals surface area contributed by atoms with Crippen molar-refractivity contribution in [2.75, 3.05) is 19.8 Å². The van der Waals surface area contributed by atoms with E-state index in [9.17, 15) is 5.11 Å². The van der Waals surface area contributed by atoms with Gasteiger partial charge in [-0.3, -0.25) is 0 Å². The van der Waals surface area contributed by atoms with Crippen LogP contribution in [0.2, 0.25) is 5.02 Å². The van der Waals surface area contributed by atoms with Gasteiger partial charge in [-0.2, -0.15) is 21.3 Å². The van der Waals surface area contributed by atoms with Crippen LogP contribution in [0.4, 0.5) is 10.2 Å². The molecule has 5 atom stereocenters. The minimum Gasteiger partial charge on any atom is -0.480 e. The number of halogens is 2. The third kappa shape index (κ3) is 5.30. The summed E-state index contributed by atoms with van der Waals surface area (Å²) in [5.74, 6) is 0.900. The number of aromatic nitrogens is 1. The van der Waals surface area contributed by atoms with Gasteiger partial charge in [0.25, 0.3) is 0 Å². The number of aryl methyl sites for hydroxylation is 2. The van der Waals surface area contributed by atoms with E-state index in [1.54, 1.807) is 23.5 Å². The maximum atomic E-state index is 15.3. The Kier molecular flexibility index (Phi) is 7.61. The van der Waals surface area contributed by atoms with Crippen molar-refractivity contribution in [1.82, 2.24) is 4.98 Å². The van der Waals surface area contributed by atoms with Crippen LogP contribution in [0.1, 0.15) is 42.6 Å². The summed E-state index contributed by atoms with van der Waals surface area (Å²) >= 11 is 8.10. The zero-order chi connectivity index (χ0) is 27.1. The SMILES string of the molecule is CCC(=Nc1nc(OC2CCc3cc(-c4ccsc4)cc(F)c32)c(Cl)cc1C)OCC1CO[C@@H]2C(O)CO[C@H]12. The molecule has 10 heteroatoms. The van der Waals surface area contributed by atoms with Crippen LogP contribution in [-0.4, -0.2) is 54.1 Å². The Balaban J connectivity index is 1.19. The lowest BCUT2D eigenvalue weighted by atomic mass is 10.0. The highest BCUT2D eigenvalue weighted by atomic mass is 35.5. The predicted octanol–water partition coefficient (Wildman–Crippen LogP) is 6.21. The molecule has 1 aromatic carbocycles. The van der Waals surface area contributed by atoms with Gasteiger partial charge < -0.3 is 24.1 Å². The molecule has 2 aliphatic heterocycles. The van der Waals surface area contributed by atoms with Crippen LogP contribution in [0, 0.1) is 18.7 Å². The van der Waals surface area contributed by atoms with Gasteiger partial charge in [0.15, 0.2) is 11.7 Å². The van der Waals surface area contributed by atoms with Gasteiger partial charge >= 0.3 is 0 Å². The summed E-state index contributed by atoms with van der Waals surface area (Å²) in [5.41, 5.74) is 4.16. The van der Waals surface area contributed by atoms with Crippen LogP contribution in [-0.2, 0) is 20.6 Å². The molecule has 7 nitrogen and oxygen atoms in total. The summed E-state index contributed by atoms with van der Waals surface area (Å²) in [7, 11) is 0. The lowest BCUT2D eigenvalue weighted by molar-refractivity contribution is 0.0149. The average molecular weight is 573 g/mol. The Hall–Kier alpha value is -2.56. The normalized spacial score (nSPS) is 26.1. The molecule has 0 saturated carbocycles. The molecule has 6 rings (SSSR count). The lowest BCUT2D eigenvalue weighted by Crippen LogP contribution is -2.31. The maximum Gasteiger partial charge on any atom is 0.235 e. The number of ether oxygens (including phenoxy) is 4. The van der Waals surface area contributed by atoms with Gasteiger partial charge in [0.2, 0.25) is 5.88 Å².